The molecular formula is C15H12ClF3N2OS. The molecule has 23 heavy (non-hydrogen) atoms. The van der Waals surface area contributed by atoms with E-state index in [-0.39, 0.29) is 30.5 Å². The molecule has 2 aromatic carbocycles. The van der Waals surface area contributed by atoms with Crippen LogP contribution in [-0.2, 0) is 11.0 Å². The first-order valence-electron chi connectivity index (χ1n) is 6.52. The molecule has 0 aliphatic carbocycles. The third-order valence-corrected chi connectivity index (χ3v) is 4.45. The van der Waals surface area contributed by atoms with Gasteiger partial charge >= 0.3 is 6.18 Å². The number of hydrogen-bond donors (Lipinski definition) is 1. The van der Waals surface area contributed by atoms with Crippen LogP contribution in [0.5, 0.6) is 0 Å². The summed E-state index contributed by atoms with van der Waals surface area (Å²) in [5.41, 5.74) is 3.63. The molecule has 2 aromatic rings. The summed E-state index contributed by atoms with van der Waals surface area (Å²) >= 11 is 1.35. The Morgan fingerprint density at radius 1 is 1.09 bits per heavy atom. The number of nitrogens with zero attached hydrogens (tertiary/aromatic N) is 1. The van der Waals surface area contributed by atoms with Crippen LogP contribution in [0.4, 0.5) is 24.5 Å². The van der Waals surface area contributed by atoms with Gasteiger partial charge in [-0.2, -0.15) is 13.2 Å². The average Bonchev–Trinajstić information content (AvgIpc) is 2.50. The van der Waals surface area contributed by atoms with Crippen LogP contribution in [-0.4, -0.2) is 12.5 Å². The van der Waals surface area contributed by atoms with Gasteiger partial charge in [0.15, 0.2) is 6.54 Å². The molecule has 1 amide bonds. The topological polar surface area (TPSA) is 48.0 Å². The number of quaternary nitrogens is 1. The van der Waals surface area contributed by atoms with E-state index in [2.05, 4.69) is 5.73 Å². The van der Waals surface area contributed by atoms with E-state index in [9.17, 15) is 18.0 Å². The van der Waals surface area contributed by atoms with Crippen molar-refractivity contribution in [2.75, 3.05) is 11.4 Å². The first-order valence-corrected chi connectivity index (χ1v) is 7.34. The van der Waals surface area contributed by atoms with Gasteiger partial charge in [0, 0.05) is 9.79 Å². The quantitative estimate of drug-likeness (QED) is 0.783. The number of fused-ring (bicyclic) bond motifs is 2. The van der Waals surface area contributed by atoms with Gasteiger partial charge in [0.05, 0.1) is 16.9 Å². The molecule has 0 fully saturated rings. The first kappa shape index (κ1) is 17.7. The van der Waals surface area contributed by atoms with E-state index in [0.29, 0.717) is 10.6 Å². The average molecular weight is 361 g/mol. The monoisotopic (exact) mass is 360 g/mol. The highest BCUT2D eigenvalue weighted by Crippen LogP contribution is 2.49. The summed E-state index contributed by atoms with van der Waals surface area (Å²) in [4.78, 5) is 15.0. The normalized spacial score (nSPS) is 13.0. The fourth-order valence-electron chi connectivity index (χ4n) is 2.31. The molecule has 0 radical (unpaired) electrons. The van der Waals surface area contributed by atoms with Crippen LogP contribution in [0, 0.1) is 0 Å². The van der Waals surface area contributed by atoms with Crippen LogP contribution in [0.25, 0.3) is 0 Å². The Balaban J connectivity index is 0.00000192. The maximum atomic E-state index is 12.9. The number of halogens is 4. The standard InChI is InChI=1S/C15H11F3N2OS.ClH/c16-15(17,18)9-5-6-13-11(7-9)20(14(21)8-19)10-3-1-2-4-12(10)22-13;/h1-7H,8,19H2;1H. The number of alkyl halides is 3. The molecule has 1 aliphatic heterocycles. The van der Waals surface area contributed by atoms with Gasteiger partial charge in [0.2, 0.25) is 0 Å². The van der Waals surface area contributed by atoms with E-state index in [1.54, 1.807) is 12.1 Å². The number of amides is 1. The third kappa shape index (κ3) is 3.17. The molecule has 0 atom stereocenters. The van der Waals surface area contributed by atoms with Gasteiger partial charge < -0.3 is 18.1 Å². The minimum absolute atomic E-state index is 0. The summed E-state index contributed by atoms with van der Waals surface area (Å²) in [6, 6.07) is 10.6. The van der Waals surface area contributed by atoms with Crippen LogP contribution in [0.1, 0.15) is 5.56 Å². The van der Waals surface area contributed by atoms with Crippen molar-refractivity contribution in [2.24, 2.45) is 0 Å². The van der Waals surface area contributed by atoms with E-state index in [1.807, 2.05) is 12.1 Å². The van der Waals surface area contributed by atoms with Crippen molar-refractivity contribution in [3.63, 3.8) is 0 Å². The zero-order chi connectivity index (χ0) is 15.9. The van der Waals surface area contributed by atoms with Gasteiger partial charge in [-0.3, -0.25) is 9.69 Å². The summed E-state index contributed by atoms with van der Waals surface area (Å²) < 4.78 is 38.8. The summed E-state index contributed by atoms with van der Waals surface area (Å²) in [6.45, 7) is -0.0330. The van der Waals surface area contributed by atoms with Gasteiger partial charge in [-0.25, -0.2) is 0 Å². The van der Waals surface area contributed by atoms with Crippen LogP contribution in [0.15, 0.2) is 52.3 Å². The number of anilines is 2. The Morgan fingerprint density at radius 3 is 2.39 bits per heavy atom. The lowest BCUT2D eigenvalue weighted by atomic mass is 10.1. The van der Waals surface area contributed by atoms with Crippen molar-refractivity contribution in [3.05, 3.63) is 48.0 Å². The molecule has 0 aromatic heterocycles. The van der Waals surface area contributed by atoms with Crippen LogP contribution in [0.2, 0.25) is 0 Å². The fraction of sp³-hybridized carbons (Fsp3) is 0.133. The second-order valence-corrected chi connectivity index (χ2v) is 5.81. The zero-order valence-electron chi connectivity index (χ0n) is 11.7. The van der Waals surface area contributed by atoms with E-state index in [4.69, 9.17) is 0 Å². The second-order valence-electron chi connectivity index (χ2n) is 4.73. The molecule has 3 nitrogen and oxygen atoms in total. The molecule has 3 N–H and O–H groups in total. The first-order chi connectivity index (χ1) is 10.4. The molecule has 3 rings (SSSR count). The van der Waals surface area contributed by atoms with Crippen LogP contribution >= 0.6 is 11.8 Å². The molecule has 0 saturated carbocycles. The Morgan fingerprint density at radius 2 is 1.74 bits per heavy atom. The molecule has 0 spiro atoms. The summed E-state index contributed by atoms with van der Waals surface area (Å²) in [7, 11) is 0. The van der Waals surface area contributed by atoms with Gasteiger partial charge in [0.1, 0.15) is 0 Å². The molecular weight excluding hydrogens is 349 g/mol. The lowest BCUT2D eigenvalue weighted by molar-refractivity contribution is -0.354. The Bertz CT molecular complexity index is 752. The Kier molecular flexibility index (Phi) is 4.93. The lowest BCUT2D eigenvalue weighted by Crippen LogP contribution is -3.00. The minimum Gasteiger partial charge on any atom is -1.00 e. The predicted molar refractivity (Wildman–Crippen MR) is 76.9 cm³/mol. The van der Waals surface area contributed by atoms with Crippen molar-refractivity contribution in [1.29, 1.82) is 0 Å². The molecule has 0 unspecified atom stereocenters. The van der Waals surface area contributed by atoms with Crippen molar-refractivity contribution >= 4 is 29.0 Å². The number of hydrogen-bond acceptors (Lipinski definition) is 2. The summed E-state index contributed by atoms with van der Waals surface area (Å²) in [5.74, 6) is -0.340. The van der Waals surface area contributed by atoms with E-state index < -0.39 is 11.7 Å². The number of carbonyl (C=O) groups is 1. The second kappa shape index (κ2) is 6.43. The number of rotatable bonds is 1. The van der Waals surface area contributed by atoms with E-state index in [0.717, 1.165) is 17.0 Å². The molecule has 1 aliphatic rings. The summed E-state index contributed by atoms with van der Waals surface area (Å²) in [5, 5.41) is 0. The number of para-hydroxylation sites is 1. The number of carbonyl (C=O) groups excluding carboxylic acids is 1. The van der Waals surface area contributed by atoms with Gasteiger partial charge in [0.25, 0.3) is 5.91 Å². The third-order valence-electron chi connectivity index (χ3n) is 3.32. The Hall–Kier alpha value is -1.70. The smallest absolute Gasteiger partial charge is 0.416 e. The lowest BCUT2D eigenvalue weighted by Gasteiger charge is -2.30. The maximum Gasteiger partial charge on any atom is 0.416 e. The van der Waals surface area contributed by atoms with Crippen LogP contribution < -0.4 is 23.0 Å². The highest BCUT2D eigenvalue weighted by molar-refractivity contribution is 7.99. The van der Waals surface area contributed by atoms with Gasteiger partial charge in [-0.1, -0.05) is 23.9 Å². The molecule has 0 saturated heterocycles. The summed E-state index contributed by atoms with van der Waals surface area (Å²) in [6.07, 6.45) is -4.45. The largest absolute Gasteiger partial charge is 1.00 e. The molecule has 8 heteroatoms. The molecule has 122 valence electrons. The number of benzene rings is 2. The molecule has 1 heterocycles. The minimum atomic E-state index is -4.45. The maximum absolute atomic E-state index is 12.9. The molecule has 0 bridgehead atoms. The highest BCUT2D eigenvalue weighted by atomic mass is 35.5. The zero-order valence-corrected chi connectivity index (χ0v) is 13.3. The fourth-order valence-corrected chi connectivity index (χ4v) is 3.35. The van der Waals surface area contributed by atoms with Crippen LogP contribution in [0.3, 0.4) is 0 Å². The SMILES string of the molecule is [Cl-].[NH3+]CC(=O)N1c2ccccc2Sc2ccc(C(F)(F)F)cc21. The highest BCUT2D eigenvalue weighted by Gasteiger charge is 2.34. The van der Waals surface area contributed by atoms with E-state index in [1.165, 1.54) is 22.7 Å². The van der Waals surface area contributed by atoms with Crippen molar-refractivity contribution in [3.8, 4) is 0 Å². The Labute approximate surface area is 141 Å². The van der Waals surface area contributed by atoms with Gasteiger partial charge in [-0.15, -0.1) is 0 Å². The predicted octanol–water partition coefficient (Wildman–Crippen LogP) is 0.0806. The van der Waals surface area contributed by atoms with Crippen molar-refractivity contribution in [1.82, 2.24) is 0 Å². The van der Waals surface area contributed by atoms with E-state index >= 15 is 0 Å². The van der Waals surface area contributed by atoms with Gasteiger partial charge in [-0.05, 0) is 30.3 Å². The van der Waals surface area contributed by atoms with Crippen molar-refractivity contribution < 1.29 is 36.1 Å². The van der Waals surface area contributed by atoms with Crippen molar-refractivity contribution in [2.45, 2.75) is 16.0 Å².